The van der Waals surface area contributed by atoms with E-state index in [1.54, 1.807) is 6.20 Å². The smallest absolute Gasteiger partial charge is 0.126 e. The van der Waals surface area contributed by atoms with Crippen molar-refractivity contribution in [1.82, 2.24) is 4.98 Å². The number of nitrogens with one attached hydrogen (secondary N) is 1. The van der Waals surface area contributed by atoms with Crippen molar-refractivity contribution in [3.63, 3.8) is 0 Å². The first kappa shape index (κ1) is 7.06. The van der Waals surface area contributed by atoms with Gasteiger partial charge >= 0.3 is 0 Å². The topological polar surface area (TPSA) is 24.9 Å². The molecule has 0 fully saturated rings. The Morgan fingerprint density at radius 3 is 2.90 bits per heavy atom. The number of hydrogen-bond donors (Lipinski definition) is 1. The Kier molecular flexibility index (Phi) is 2.26. The average Bonchev–Trinajstić information content (AvgIpc) is 1.88. The van der Waals surface area contributed by atoms with Crippen LogP contribution in [0, 0.1) is 6.07 Å². The van der Waals surface area contributed by atoms with Crippen LogP contribution in [0.1, 0.15) is 13.8 Å². The van der Waals surface area contributed by atoms with Gasteiger partial charge in [-0.05, 0) is 26.0 Å². The van der Waals surface area contributed by atoms with Gasteiger partial charge in [0, 0.05) is 18.3 Å². The lowest BCUT2D eigenvalue weighted by molar-refractivity contribution is 0.889. The van der Waals surface area contributed by atoms with Crippen molar-refractivity contribution < 1.29 is 0 Å². The fourth-order valence-electron chi connectivity index (χ4n) is 0.701. The highest BCUT2D eigenvalue weighted by atomic mass is 15.0. The third-order valence-electron chi connectivity index (χ3n) is 1.05. The molecule has 0 saturated heterocycles. The monoisotopic (exact) mass is 135 g/mol. The van der Waals surface area contributed by atoms with E-state index in [2.05, 4.69) is 30.2 Å². The maximum absolute atomic E-state index is 4.05. The SMILES string of the molecule is CC(C)Nc1cc[c]cn1. The van der Waals surface area contributed by atoms with Crippen LogP contribution >= 0.6 is 0 Å². The van der Waals surface area contributed by atoms with E-state index in [-0.39, 0.29) is 0 Å². The molecule has 1 rings (SSSR count). The van der Waals surface area contributed by atoms with Crippen LogP contribution in [0.4, 0.5) is 5.82 Å². The second-order valence-electron chi connectivity index (χ2n) is 2.44. The van der Waals surface area contributed by atoms with E-state index in [1.165, 1.54) is 0 Å². The van der Waals surface area contributed by atoms with Gasteiger partial charge in [0.15, 0.2) is 0 Å². The fraction of sp³-hybridized carbons (Fsp3) is 0.375. The van der Waals surface area contributed by atoms with E-state index < -0.39 is 0 Å². The van der Waals surface area contributed by atoms with Crippen molar-refractivity contribution >= 4 is 5.82 Å². The third kappa shape index (κ3) is 2.05. The zero-order valence-electron chi connectivity index (χ0n) is 6.26. The van der Waals surface area contributed by atoms with Crippen molar-refractivity contribution in [2.45, 2.75) is 19.9 Å². The Bertz CT molecular complexity index is 182. The van der Waals surface area contributed by atoms with Gasteiger partial charge < -0.3 is 5.32 Å². The Morgan fingerprint density at radius 1 is 1.60 bits per heavy atom. The number of aromatic nitrogens is 1. The lowest BCUT2D eigenvalue weighted by atomic mass is 10.4. The van der Waals surface area contributed by atoms with Crippen LogP contribution in [-0.4, -0.2) is 11.0 Å². The second-order valence-corrected chi connectivity index (χ2v) is 2.44. The van der Waals surface area contributed by atoms with Crippen molar-refractivity contribution in [1.29, 1.82) is 0 Å². The van der Waals surface area contributed by atoms with E-state index in [4.69, 9.17) is 0 Å². The summed E-state index contributed by atoms with van der Waals surface area (Å²) in [6.45, 7) is 4.16. The van der Waals surface area contributed by atoms with E-state index in [0.717, 1.165) is 5.82 Å². The van der Waals surface area contributed by atoms with Crippen molar-refractivity contribution in [2.24, 2.45) is 0 Å². The van der Waals surface area contributed by atoms with E-state index in [1.807, 2.05) is 12.1 Å². The summed E-state index contributed by atoms with van der Waals surface area (Å²) in [4.78, 5) is 4.05. The molecule has 0 amide bonds. The van der Waals surface area contributed by atoms with Gasteiger partial charge in [0.1, 0.15) is 5.82 Å². The molecule has 10 heavy (non-hydrogen) atoms. The zero-order chi connectivity index (χ0) is 7.40. The lowest BCUT2D eigenvalue weighted by Crippen LogP contribution is -2.10. The van der Waals surface area contributed by atoms with E-state index in [0.29, 0.717) is 6.04 Å². The first-order valence-electron chi connectivity index (χ1n) is 3.37. The molecule has 1 radical (unpaired) electrons. The predicted molar refractivity (Wildman–Crippen MR) is 41.8 cm³/mol. The Morgan fingerprint density at radius 2 is 2.40 bits per heavy atom. The average molecular weight is 135 g/mol. The van der Waals surface area contributed by atoms with Crippen LogP contribution in [0.25, 0.3) is 0 Å². The third-order valence-corrected chi connectivity index (χ3v) is 1.05. The minimum absolute atomic E-state index is 0.440. The maximum atomic E-state index is 4.05. The summed E-state index contributed by atoms with van der Waals surface area (Å²) < 4.78 is 0. The lowest BCUT2D eigenvalue weighted by Gasteiger charge is -2.06. The summed E-state index contributed by atoms with van der Waals surface area (Å²) in [7, 11) is 0. The van der Waals surface area contributed by atoms with E-state index in [9.17, 15) is 0 Å². The molecule has 53 valence electrons. The number of hydrogen-bond acceptors (Lipinski definition) is 2. The molecular weight excluding hydrogens is 124 g/mol. The number of rotatable bonds is 2. The van der Waals surface area contributed by atoms with Gasteiger partial charge in [-0.25, -0.2) is 4.98 Å². The van der Waals surface area contributed by atoms with Gasteiger partial charge in [-0.15, -0.1) is 0 Å². The van der Waals surface area contributed by atoms with Crippen LogP contribution in [0.15, 0.2) is 18.3 Å². The summed E-state index contributed by atoms with van der Waals surface area (Å²) in [5, 5.41) is 3.17. The molecule has 1 N–H and O–H groups in total. The zero-order valence-corrected chi connectivity index (χ0v) is 6.26. The molecule has 0 aliphatic heterocycles. The highest BCUT2D eigenvalue weighted by Gasteiger charge is 1.92. The second kappa shape index (κ2) is 3.20. The summed E-state index contributed by atoms with van der Waals surface area (Å²) in [6.07, 6.45) is 1.66. The standard InChI is InChI=1S/C8H11N2/c1-7(2)10-8-5-3-4-6-9-8/h3,5-7H,1-2H3,(H,9,10). The Hall–Kier alpha value is -1.05. The molecule has 0 spiro atoms. The fourth-order valence-corrected chi connectivity index (χ4v) is 0.701. The number of pyridine rings is 1. The quantitative estimate of drug-likeness (QED) is 0.667. The van der Waals surface area contributed by atoms with Gasteiger partial charge in [-0.3, -0.25) is 0 Å². The molecule has 2 nitrogen and oxygen atoms in total. The summed E-state index contributed by atoms with van der Waals surface area (Å²) >= 11 is 0. The first-order chi connectivity index (χ1) is 4.79. The highest BCUT2D eigenvalue weighted by molar-refractivity contribution is 5.33. The van der Waals surface area contributed by atoms with Gasteiger partial charge in [0.25, 0.3) is 0 Å². The molecule has 1 aromatic heterocycles. The molecule has 0 aromatic carbocycles. The molecule has 1 heterocycles. The predicted octanol–water partition coefficient (Wildman–Crippen LogP) is 1.70. The number of nitrogens with zero attached hydrogens (tertiary/aromatic N) is 1. The highest BCUT2D eigenvalue weighted by Crippen LogP contribution is 2.00. The molecule has 0 aliphatic rings. The normalized spacial score (nSPS) is 9.90. The minimum atomic E-state index is 0.440. The molecule has 0 bridgehead atoms. The van der Waals surface area contributed by atoms with Gasteiger partial charge in [0.2, 0.25) is 0 Å². The van der Waals surface area contributed by atoms with Crippen LogP contribution < -0.4 is 5.32 Å². The molecule has 0 saturated carbocycles. The van der Waals surface area contributed by atoms with Crippen LogP contribution in [0.3, 0.4) is 0 Å². The molecule has 0 unspecified atom stereocenters. The number of anilines is 1. The maximum Gasteiger partial charge on any atom is 0.126 e. The minimum Gasteiger partial charge on any atom is -0.368 e. The summed E-state index contributed by atoms with van der Waals surface area (Å²) in [6, 6.07) is 7.04. The van der Waals surface area contributed by atoms with Gasteiger partial charge in [-0.1, -0.05) is 0 Å². The van der Waals surface area contributed by atoms with Crippen LogP contribution in [0.2, 0.25) is 0 Å². The molecule has 2 heteroatoms. The largest absolute Gasteiger partial charge is 0.368 e. The molecule has 0 atom stereocenters. The van der Waals surface area contributed by atoms with Crippen LogP contribution in [0.5, 0.6) is 0 Å². The van der Waals surface area contributed by atoms with Crippen LogP contribution in [-0.2, 0) is 0 Å². The Labute approximate surface area is 61.3 Å². The van der Waals surface area contributed by atoms with Gasteiger partial charge in [-0.2, -0.15) is 0 Å². The molecule has 1 aromatic rings. The Balaban J connectivity index is 2.59. The van der Waals surface area contributed by atoms with Gasteiger partial charge in [0.05, 0.1) is 0 Å². The van der Waals surface area contributed by atoms with Crippen molar-refractivity contribution in [3.05, 3.63) is 24.4 Å². The molecule has 0 aliphatic carbocycles. The van der Waals surface area contributed by atoms with Crippen molar-refractivity contribution in [2.75, 3.05) is 5.32 Å². The summed E-state index contributed by atoms with van der Waals surface area (Å²) in [5.74, 6) is 0.911. The summed E-state index contributed by atoms with van der Waals surface area (Å²) in [5.41, 5.74) is 0. The first-order valence-corrected chi connectivity index (χ1v) is 3.37. The molecular formula is C8H11N2. The van der Waals surface area contributed by atoms with Crippen molar-refractivity contribution in [3.8, 4) is 0 Å². The van der Waals surface area contributed by atoms with E-state index >= 15 is 0 Å².